The smallest absolute Gasteiger partial charge is 0.232 e. The molecular formula is C18H27ClN2OS. The predicted octanol–water partition coefficient (Wildman–Crippen LogP) is 3.39. The van der Waals surface area contributed by atoms with E-state index in [9.17, 15) is 4.79 Å². The summed E-state index contributed by atoms with van der Waals surface area (Å²) in [5, 5.41) is 3.64. The Morgan fingerprint density at radius 2 is 2.00 bits per heavy atom. The first-order valence-electron chi connectivity index (χ1n) is 8.27. The Kier molecular flexibility index (Phi) is 6.81. The molecule has 3 rings (SSSR count). The fraction of sp³-hybridized carbons (Fsp3) is 0.611. The van der Waals surface area contributed by atoms with Gasteiger partial charge >= 0.3 is 0 Å². The SMILES string of the molecule is Cc1cccc(CSCC(=O)N(C)C2CC3CCC(C2)N3)c1.Cl. The van der Waals surface area contributed by atoms with Gasteiger partial charge in [-0.3, -0.25) is 4.79 Å². The summed E-state index contributed by atoms with van der Waals surface area (Å²) >= 11 is 1.73. The monoisotopic (exact) mass is 354 g/mol. The van der Waals surface area contributed by atoms with Crippen LogP contribution in [0.2, 0.25) is 0 Å². The summed E-state index contributed by atoms with van der Waals surface area (Å²) < 4.78 is 0. The molecule has 3 nitrogen and oxygen atoms in total. The van der Waals surface area contributed by atoms with Gasteiger partial charge in [0.1, 0.15) is 0 Å². The van der Waals surface area contributed by atoms with Gasteiger partial charge in [0, 0.05) is 30.9 Å². The van der Waals surface area contributed by atoms with E-state index in [1.165, 1.54) is 24.0 Å². The third-order valence-electron chi connectivity index (χ3n) is 4.97. The van der Waals surface area contributed by atoms with Gasteiger partial charge in [-0.25, -0.2) is 0 Å². The molecule has 2 atom stereocenters. The lowest BCUT2D eigenvalue weighted by Crippen LogP contribution is -2.49. The van der Waals surface area contributed by atoms with Crippen LogP contribution in [0.15, 0.2) is 24.3 Å². The molecule has 2 aliphatic rings. The molecule has 2 aliphatic heterocycles. The number of nitrogens with one attached hydrogen (secondary N) is 1. The van der Waals surface area contributed by atoms with Crippen molar-refractivity contribution in [1.82, 2.24) is 10.2 Å². The maximum absolute atomic E-state index is 12.4. The minimum absolute atomic E-state index is 0. The molecule has 23 heavy (non-hydrogen) atoms. The number of hydrogen-bond acceptors (Lipinski definition) is 3. The first-order chi connectivity index (χ1) is 10.6. The highest BCUT2D eigenvalue weighted by atomic mass is 35.5. The van der Waals surface area contributed by atoms with Gasteiger partial charge in [0.05, 0.1) is 5.75 Å². The average molecular weight is 355 g/mol. The zero-order chi connectivity index (χ0) is 15.5. The van der Waals surface area contributed by atoms with E-state index in [-0.39, 0.29) is 18.3 Å². The van der Waals surface area contributed by atoms with Crippen LogP contribution in [0.3, 0.4) is 0 Å². The molecule has 1 N–H and O–H groups in total. The number of thioether (sulfide) groups is 1. The van der Waals surface area contributed by atoms with Crippen LogP contribution in [0.4, 0.5) is 0 Å². The van der Waals surface area contributed by atoms with Gasteiger partial charge in [-0.2, -0.15) is 0 Å². The second-order valence-corrected chi connectivity index (χ2v) is 7.74. The fourth-order valence-corrected chi connectivity index (χ4v) is 4.60. The number of fused-ring (bicyclic) bond motifs is 2. The summed E-state index contributed by atoms with van der Waals surface area (Å²) in [7, 11) is 1.99. The molecule has 2 bridgehead atoms. The molecule has 1 amide bonds. The first-order valence-corrected chi connectivity index (χ1v) is 9.42. The molecule has 0 aromatic heterocycles. The van der Waals surface area contributed by atoms with E-state index in [0.29, 0.717) is 23.9 Å². The van der Waals surface area contributed by atoms with Crippen molar-refractivity contribution in [2.24, 2.45) is 0 Å². The minimum Gasteiger partial charge on any atom is -0.342 e. The van der Waals surface area contributed by atoms with Gasteiger partial charge in [0.25, 0.3) is 0 Å². The van der Waals surface area contributed by atoms with Gasteiger partial charge in [0.15, 0.2) is 0 Å². The number of hydrogen-bond donors (Lipinski definition) is 1. The van der Waals surface area contributed by atoms with Crippen LogP contribution in [0.25, 0.3) is 0 Å². The van der Waals surface area contributed by atoms with Crippen LogP contribution in [0.1, 0.15) is 36.8 Å². The van der Waals surface area contributed by atoms with E-state index in [0.717, 1.165) is 18.6 Å². The molecule has 1 aromatic rings. The topological polar surface area (TPSA) is 32.3 Å². The highest BCUT2D eigenvalue weighted by Crippen LogP contribution is 2.29. The number of rotatable bonds is 5. The lowest BCUT2D eigenvalue weighted by atomic mass is 9.98. The maximum Gasteiger partial charge on any atom is 0.232 e. The second-order valence-electron chi connectivity index (χ2n) is 6.75. The van der Waals surface area contributed by atoms with E-state index in [1.54, 1.807) is 11.8 Å². The predicted molar refractivity (Wildman–Crippen MR) is 100 cm³/mol. The summed E-state index contributed by atoms with van der Waals surface area (Å²) in [6.07, 6.45) is 4.82. The number of piperidine rings is 1. The van der Waals surface area contributed by atoms with Crippen molar-refractivity contribution in [3.63, 3.8) is 0 Å². The number of aryl methyl sites for hydroxylation is 1. The lowest BCUT2D eigenvalue weighted by molar-refractivity contribution is -0.129. The van der Waals surface area contributed by atoms with E-state index in [2.05, 4.69) is 36.5 Å². The average Bonchev–Trinajstić information content (AvgIpc) is 2.85. The number of halogens is 1. The Morgan fingerprint density at radius 1 is 1.30 bits per heavy atom. The van der Waals surface area contributed by atoms with Crippen molar-refractivity contribution in [2.45, 2.75) is 56.5 Å². The summed E-state index contributed by atoms with van der Waals surface area (Å²) in [5.41, 5.74) is 2.59. The Labute approximate surface area is 150 Å². The van der Waals surface area contributed by atoms with Crippen molar-refractivity contribution >= 4 is 30.1 Å². The van der Waals surface area contributed by atoms with Gasteiger partial charge in [-0.1, -0.05) is 29.8 Å². The van der Waals surface area contributed by atoms with Crippen molar-refractivity contribution < 1.29 is 4.79 Å². The molecule has 0 aliphatic carbocycles. The first kappa shape index (κ1) is 18.6. The maximum atomic E-state index is 12.4. The largest absolute Gasteiger partial charge is 0.342 e. The molecule has 1 aromatic carbocycles. The van der Waals surface area contributed by atoms with Crippen molar-refractivity contribution in [2.75, 3.05) is 12.8 Å². The van der Waals surface area contributed by atoms with Gasteiger partial charge in [-0.05, 0) is 38.2 Å². The summed E-state index contributed by atoms with van der Waals surface area (Å²) in [4.78, 5) is 14.4. The summed E-state index contributed by atoms with van der Waals surface area (Å²) in [6, 6.07) is 10.2. The second kappa shape index (κ2) is 8.41. The molecule has 2 fully saturated rings. The van der Waals surface area contributed by atoms with Crippen LogP contribution in [-0.4, -0.2) is 41.7 Å². The zero-order valence-electron chi connectivity index (χ0n) is 14.0. The molecule has 2 heterocycles. The summed E-state index contributed by atoms with van der Waals surface area (Å²) in [5.74, 6) is 1.78. The lowest BCUT2D eigenvalue weighted by Gasteiger charge is -2.35. The number of amides is 1. The van der Waals surface area contributed by atoms with Crippen molar-refractivity contribution in [1.29, 1.82) is 0 Å². The van der Waals surface area contributed by atoms with E-state index in [1.807, 2.05) is 11.9 Å². The van der Waals surface area contributed by atoms with Gasteiger partial charge in [0.2, 0.25) is 5.91 Å². The van der Waals surface area contributed by atoms with E-state index in [4.69, 9.17) is 0 Å². The van der Waals surface area contributed by atoms with Crippen molar-refractivity contribution in [3.8, 4) is 0 Å². The molecule has 0 saturated carbocycles. The van der Waals surface area contributed by atoms with Gasteiger partial charge < -0.3 is 10.2 Å². The Bertz CT molecular complexity index is 528. The summed E-state index contributed by atoms with van der Waals surface area (Å²) in [6.45, 7) is 2.11. The highest BCUT2D eigenvalue weighted by Gasteiger charge is 2.36. The molecule has 2 saturated heterocycles. The molecule has 0 radical (unpaired) electrons. The number of nitrogens with zero attached hydrogens (tertiary/aromatic N) is 1. The number of benzene rings is 1. The number of carbonyl (C=O) groups excluding carboxylic acids is 1. The zero-order valence-corrected chi connectivity index (χ0v) is 15.6. The van der Waals surface area contributed by atoms with Gasteiger partial charge in [-0.15, -0.1) is 24.2 Å². The third-order valence-corrected chi connectivity index (χ3v) is 5.95. The standard InChI is InChI=1S/C18H26N2OS.ClH/c1-13-4-3-5-14(8-13)11-22-12-18(21)20(2)17-9-15-6-7-16(10-17)19-15;/h3-5,8,15-17,19H,6-7,9-12H2,1-2H3;1H. The quantitative estimate of drug-likeness (QED) is 0.879. The van der Waals surface area contributed by atoms with E-state index >= 15 is 0 Å². The molecular weight excluding hydrogens is 328 g/mol. The van der Waals surface area contributed by atoms with E-state index < -0.39 is 0 Å². The van der Waals surface area contributed by atoms with Crippen LogP contribution in [-0.2, 0) is 10.5 Å². The normalized spacial score (nSPS) is 25.7. The number of carbonyl (C=O) groups is 1. The van der Waals surface area contributed by atoms with Crippen molar-refractivity contribution in [3.05, 3.63) is 35.4 Å². The molecule has 0 spiro atoms. The molecule has 2 unspecified atom stereocenters. The van der Waals surface area contributed by atoms with Crippen LogP contribution < -0.4 is 5.32 Å². The molecule has 5 heteroatoms. The Balaban J connectivity index is 0.00000192. The highest BCUT2D eigenvalue weighted by molar-refractivity contribution is 7.99. The third kappa shape index (κ3) is 4.88. The minimum atomic E-state index is 0. The molecule has 128 valence electrons. The fourth-order valence-electron chi connectivity index (χ4n) is 3.71. The van der Waals surface area contributed by atoms with Crippen LogP contribution in [0, 0.1) is 6.92 Å². The van der Waals surface area contributed by atoms with Crippen LogP contribution in [0.5, 0.6) is 0 Å². The Hall–Kier alpha value is -0.710. The van der Waals surface area contributed by atoms with Crippen LogP contribution >= 0.6 is 24.2 Å². The Morgan fingerprint density at radius 3 is 2.65 bits per heavy atom.